The summed E-state index contributed by atoms with van der Waals surface area (Å²) in [7, 11) is 5.29. The lowest BCUT2D eigenvalue weighted by Crippen LogP contribution is -1.95. The number of nitrogens with zero attached hydrogens (tertiary/aromatic N) is 3. The van der Waals surface area contributed by atoms with Crippen molar-refractivity contribution in [1.82, 2.24) is 14.0 Å². The topological polar surface area (TPSA) is 40.7 Å². The van der Waals surface area contributed by atoms with E-state index in [-0.39, 0.29) is 0 Å². The van der Waals surface area contributed by atoms with E-state index in [1.165, 1.54) is 0 Å². The van der Waals surface area contributed by atoms with Crippen molar-refractivity contribution in [2.24, 2.45) is 7.05 Å². The SMILES string of the molecule is COc1ccc(-c2cn3ccnc3n2C)c(OC)c1. The summed E-state index contributed by atoms with van der Waals surface area (Å²) in [5.74, 6) is 2.45. The summed E-state index contributed by atoms with van der Waals surface area (Å²) in [6.45, 7) is 0. The summed E-state index contributed by atoms with van der Waals surface area (Å²) in [5, 5.41) is 0. The van der Waals surface area contributed by atoms with E-state index in [0.29, 0.717) is 0 Å². The third-order valence-electron chi connectivity index (χ3n) is 3.26. The molecule has 98 valence electrons. The van der Waals surface area contributed by atoms with Gasteiger partial charge >= 0.3 is 0 Å². The molecule has 0 aliphatic carbocycles. The Hall–Kier alpha value is -2.43. The molecular formula is C14H15N3O2. The molecule has 3 rings (SSSR count). The van der Waals surface area contributed by atoms with Crippen LogP contribution in [0.1, 0.15) is 0 Å². The number of rotatable bonds is 3. The molecule has 0 saturated carbocycles. The second-order valence-corrected chi connectivity index (χ2v) is 4.27. The molecule has 0 fully saturated rings. The molecule has 0 unspecified atom stereocenters. The van der Waals surface area contributed by atoms with Crippen LogP contribution >= 0.6 is 0 Å². The smallest absolute Gasteiger partial charge is 0.214 e. The van der Waals surface area contributed by atoms with E-state index in [1.54, 1.807) is 20.4 Å². The van der Waals surface area contributed by atoms with E-state index in [2.05, 4.69) is 4.98 Å². The van der Waals surface area contributed by atoms with Gasteiger partial charge in [-0.05, 0) is 12.1 Å². The van der Waals surface area contributed by atoms with Crippen LogP contribution in [0.2, 0.25) is 0 Å². The van der Waals surface area contributed by atoms with E-state index >= 15 is 0 Å². The summed E-state index contributed by atoms with van der Waals surface area (Å²) >= 11 is 0. The van der Waals surface area contributed by atoms with Crippen LogP contribution in [-0.4, -0.2) is 28.2 Å². The van der Waals surface area contributed by atoms with Crippen molar-refractivity contribution in [2.75, 3.05) is 14.2 Å². The normalized spacial score (nSPS) is 10.9. The third-order valence-corrected chi connectivity index (χ3v) is 3.26. The number of fused-ring (bicyclic) bond motifs is 1. The molecule has 0 radical (unpaired) electrons. The van der Waals surface area contributed by atoms with Crippen molar-refractivity contribution < 1.29 is 9.47 Å². The van der Waals surface area contributed by atoms with Crippen LogP contribution in [0.15, 0.2) is 36.8 Å². The molecule has 0 amide bonds. The Balaban J connectivity index is 2.20. The first kappa shape index (κ1) is 11.6. The van der Waals surface area contributed by atoms with Crippen molar-refractivity contribution >= 4 is 5.78 Å². The average Bonchev–Trinajstić information content (AvgIpc) is 3.01. The van der Waals surface area contributed by atoms with Gasteiger partial charge in [-0.3, -0.25) is 4.40 Å². The molecule has 0 atom stereocenters. The second-order valence-electron chi connectivity index (χ2n) is 4.27. The Labute approximate surface area is 111 Å². The van der Waals surface area contributed by atoms with Gasteiger partial charge in [0.15, 0.2) is 0 Å². The van der Waals surface area contributed by atoms with E-state index in [0.717, 1.165) is 28.5 Å². The van der Waals surface area contributed by atoms with Gasteiger partial charge in [-0.1, -0.05) is 0 Å². The van der Waals surface area contributed by atoms with Crippen molar-refractivity contribution in [2.45, 2.75) is 0 Å². The monoisotopic (exact) mass is 257 g/mol. The van der Waals surface area contributed by atoms with Gasteiger partial charge in [0.1, 0.15) is 11.5 Å². The molecule has 0 spiro atoms. The average molecular weight is 257 g/mol. The Morgan fingerprint density at radius 3 is 2.68 bits per heavy atom. The van der Waals surface area contributed by atoms with Crippen LogP contribution in [0.5, 0.6) is 11.5 Å². The molecule has 5 nitrogen and oxygen atoms in total. The van der Waals surface area contributed by atoms with Gasteiger partial charge in [0.05, 0.1) is 19.9 Å². The highest BCUT2D eigenvalue weighted by Crippen LogP contribution is 2.33. The number of aryl methyl sites for hydroxylation is 1. The van der Waals surface area contributed by atoms with Gasteiger partial charge in [-0.2, -0.15) is 0 Å². The van der Waals surface area contributed by atoms with Gasteiger partial charge in [-0.25, -0.2) is 4.98 Å². The maximum atomic E-state index is 5.45. The van der Waals surface area contributed by atoms with Crippen molar-refractivity contribution in [1.29, 1.82) is 0 Å². The zero-order chi connectivity index (χ0) is 13.4. The fourth-order valence-electron chi connectivity index (χ4n) is 2.25. The first-order valence-corrected chi connectivity index (χ1v) is 5.95. The minimum Gasteiger partial charge on any atom is -0.497 e. The lowest BCUT2D eigenvalue weighted by atomic mass is 10.1. The van der Waals surface area contributed by atoms with Crippen LogP contribution in [0.25, 0.3) is 17.0 Å². The number of benzene rings is 1. The van der Waals surface area contributed by atoms with Crippen molar-refractivity contribution in [3.05, 3.63) is 36.8 Å². The van der Waals surface area contributed by atoms with E-state index in [9.17, 15) is 0 Å². The molecule has 0 N–H and O–H groups in total. The van der Waals surface area contributed by atoms with Crippen LogP contribution in [0, 0.1) is 0 Å². The van der Waals surface area contributed by atoms with Gasteiger partial charge < -0.3 is 14.0 Å². The minimum atomic E-state index is 0.777. The van der Waals surface area contributed by atoms with Gasteiger partial charge in [0.2, 0.25) is 5.78 Å². The molecule has 0 aliphatic rings. The number of methoxy groups -OCH3 is 2. The fraction of sp³-hybridized carbons (Fsp3) is 0.214. The Kier molecular flexibility index (Phi) is 2.67. The lowest BCUT2D eigenvalue weighted by molar-refractivity contribution is 0.395. The number of ether oxygens (including phenoxy) is 2. The number of aromatic nitrogens is 3. The van der Waals surface area contributed by atoms with Crippen molar-refractivity contribution in [3.63, 3.8) is 0 Å². The number of hydrogen-bond acceptors (Lipinski definition) is 3. The zero-order valence-electron chi connectivity index (χ0n) is 11.1. The first-order valence-electron chi connectivity index (χ1n) is 5.95. The highest BCUT2D eigenvalue weighted by atomic mass is 16.5. The number of imidazole rings is 2. The molecule has 2 heterocycles. The van der Waals surface area contributed by atoms with E-state index < -0.39 is 0 Å². The van der Waals surface area contributed by atoms with Gasteiger partial charge in [0.25, 0.3) is 0 Å². The Bertz CT molecular complexity index is 727. The van der Waals surface area contributed by atoms with Gasteiger partial charge in [-0.15, -0.1) is 0 Å². The lowest BCUT2D eigenvalue weighted by Gasteiger charge is -2.10. The molecular weight excluding hydrogens is 242 g/mol. The standard InChI is InChI=1S/C14H15N3O2/c1-16-12(9-17-7-6-15-14(16)17)11-5-4-10(18-2)8-13(11)19-3/h4-9H,1-3H3. The number of hydrogen-bond donors (Lipinski definition) is 0. The van der Waals surface area contributed by atoms with Crippen LogP contribution in [0.4, 0.5) is 0 Å². The Morgan fingerprint density at radius 1 is 1.16 bits per heavy atom. The molecule has 0 aliphatic heterocycles. The summed E-state index contributed by atoms with van der Waals surface area (Å²) in [6, 6.07) is 5.80. The first-order chi connectivity index (χ1) is 9.24. The van der Waals surface area contributed by atoms with E-state index in [1.807, 2.05) is 46.6 Å². The molecule has 2 aromatic heterocycles. The Morgan fingerprint density at radius 2 is 2.00 bits per heavy atom. The van der Waals surface area contributed by atoms with Crippen molar-refractivity contribution in [3.8, 4) is 22.8 Å². The van der Waals surface area contributed by atoms with Crippen LogP contribution in [0.3, 0.4) is 0 Å². The summed E-state index contributed by atoms with van der Waals surface area (Å²) < 4.78 is 14.7. The molecule has 0 bridgehead atoms. The molecule has 3 aromatic rings. The summed E-state index contributed by atoms with van der Waals surface area (Å²) in [5.41, 5.74) is 2.05. The molecule has 19 heavy (non-hydrogen) atoms. The minimum absolute atomic E-state index is 0.777. The predicted molar refractivity (Wildman–Crippen MR) is 72.7 cm³/mol. The van der Waals surface area contributed by atoms with Gasteiger partial charge in [0, 0.05) is 37.3 Å². The second kappa shape index (κ2) is 4.35. The van der Waals surface area contributed by atoms with Crippen LogP contribution in [-0.2, 0) is 7.05 Å². The summed E-state index contributed by atoms with van der Waals surface area (Å²) in [6.07, 6.45) is 5.74. The quantitative estimate of drug-likeness (QED) is 0.723. The van der Waals surface area contributed by atoms with Crippen LogP contribution < -0.4 is 9.47 Å². The highest BCUT2D eigenvalue weighted by Gasteiger charge is 2.13. The summed E-state index contributed by atoms with van der Waals surface area (Å²) in [4.78, 5) is 4.31. The third kappa shape index (κ3) is 1.74. The molecule has 5 heteroatoms. The highest BCUT2D eigenvalue weighted by molar-refractivity contribution is 5.70. The maximum Gasteiger partial charge on any atom is 0.214 e. The largest absolute Gasteiger partial charge is 0.497 e. The maximum absolute atomic E-state index is 5.45. The molecule has 0 saturated heterocycles. The zero-order valence-corrected chi connectivity index (χ0v) is 11.1. The van der Waals surface area contributed by atoms with E-state index in [4.69, 9.17) is 9.47 Å². The fourth-order valence-corrected chi connectivity index (χ4v) is 2.25. The predicted octanol–water partition coefficient (Wildman–Crippen LogP) is 2.36. The molecule has 1 aromatic carbocycles.